The smallest absolute Gasteiger partial charge is 0.462 e. The maximum Gasteiger partial charge on any atom is 0.472 e. The first-order valence-corrected chi connectivity index (χ1v) is 23.9. The monoisotopic (exact) mass is 840 g/mol. The van der Waals surface area contributed by atoms with Gasteiger partial charge in [-0.15, -0.1) is 0 Å². The lowest BCUT2D eigenvalue weighted by Gasteiger charge is -2.20. The van der Waals surface area contributed by atoms with Crippen LogP contribution in [0.25, 0.3) is 0 Å². The Morgan fingerprint density at radius 2 is 1.12 bits per heavy atom. The van der Waals surface area contributed by atoms with Crippen molar-refractivity contribution in [3.05, 3.63) is 24.3 Å². The zero-order valence-corrected chi connectivity index (χ0v) is 36.2. The minimum absolute atomic E-state index is 0.0874. The molecule has 0 heterocycles. The summed E-state index contributed by atoms with van der Waals surface area (Å²) in [6, 6.07) is 0. The number of unbranched alkanes of at least 4 members (excludes halogenated alkanes) is 16. The van der Waals surface area contributed by atoms with Crippen molar-refractivity contribution in [3.63, 3.8) is 0 Å². The van der Waals surface area contributed by atoms with Crippen molar-refractivity contribution >= 4 is 33.4 Å². The van der Waals surface area contributed by atoms with Crippen molar-refractivity contribution in [1.29, 1.82) is 0 Å². The Kier molecular flexibility index (Phi) is 34.1. The van der Waals surface area contributed by atoms with E-state index in [-0.39, 0.29) is 18.6 Å². The quantitative estimate of drug-likeness (QED) is 0.0149. The van der Waals surface area contributed by atoms with Gasteiger partial charge in [-0.25, -0.2) is 9.13 Å². The van der Waals surface area contributed by atoms with Crippen LogP contribution in [0.3, 0.4) is 0 Å². The standard InChI is InChI=1S/C40H74O14P2/c1-4-5-6-7-12-17-22-27-36(41)28-23-18-15-20-24-29-39(43)50-33-38(34-53-56(48,49)52-32-37(42)31-51-55(45,46)47)54-40(44)30-25-19-14-11-9-8-10-13-16-21-26-35(2)3/h12,17,22,27,35,37-38,42H,4-11,13-16,18-21,23-26,28-34H2,1-3H3,(H,48,49)(H2,45,46,47)/b17-12-,27-22+/t37-,38+/m0/s1. The number of aliphatic hydroxyl groups excluding tert-OH is 1. The molecule has 0 saturated carbocycles. The maximum absolute atomic E-state index is 12.6. The first-order chi connectivity index (χ1) is 26.6. The molecule has 4 N–H and O–H groups in total. The number of phosphoric acid groups is 2. The predicted molar refractivity (Wildman–Crippen MR) is 217 cm³/mol. The van der Waals surface area contributed by atoms with Crippen LogP contribution in [0.2, 0.25) is 0 Å². The van der Waals surface area contributed by atoms with Crippen LogP contribution in [0, 0.1) is 5.92 Å². The molecule has 0 aliphatic rings. The van der Waals surface area contributed by atoms with E-state index in [1.807, 2.05) is 6.08 Å². The van der Waals surface area contributed by atoms with Crippen LogP contribution >= 0.6 is 15.6 Å². The van der Waals surface area contributed by atoms with E-state index in [0.29, 0.717) is 19.3 Å². The number of carbonyl (C=O) groups excluding carboxylic acids is 3. The van der Waals surface area contributed by atoms with E-state index in [4.69, 9.17) is 23.8 Å². The van der Waals surface area contributed by atoms with Crippen molar-refractivity contribution in [2.75, 3.05) is 26.4 Å². The number of allylic oxidation sites excluding steroid dienone is 4. The third-order valence-electron chi connectivity index (χ3n) is 8.74. The van der Waals surface area contributed by atoms with Crippen LogP contribution < -0.4 is 0 Å². The largest absolute Gasteiger partial charge is 0.472 e. The molecular formula is C40H74O14P2. The Balaban J connectivity index is 4.61. The minimum Gasteiger partial charge on any atom is -0.462 e. The second kappa shape index (κ2) is 35.2. The number of rotatable bonds is 39. The van der Waals surface area contributed by atoms with Crippen molar-refractivity contribution in [2.24, 2.45) is 5.92 Å². The van der Waals surface area contributed by atoms with Crippen LogP contribution in [0.5, 0.6) is 0 Å². The van der Waals surface area contributed by atoms with Gasteiger partial charge in [-0.3, -0.25) is 28.0 Å². The maximum atomic E-state index is 12.6. The fourth-order valence-corrected chi connectivity index (χ4v) is 6.67. The normalized spacial score (nSPS) is 14.4. The van der Waals surface area contributed by atoms with Gasteiger partial charge >= 0.3 is 27.6 Å². The molecule has 0 spiro atoms. The van der Waals surface area contributed by atoms with Gasteiger partial charge in [0.2, 0.25) is 0 Å². The number of ether oxygens (including phenoxy) is 2. The first-order valence-electron chi connectivity index (χ1n) is 20.8. The second-order valence-corrected chi connectivity index (χ2v) is 17.5. The first kappa shape index (κ1) is 54.3. The second-order valence-electron chi connectivity index (χ2n) is 14.8. The summed E-state index contributed by atoms with van der Waals surface area (Å²) in [7, 11) is -9.70. The van der Waals surface area contributed by atoms with Gasteiger partial charge in [-0.05, 0) is 44.1 Å². The lowest BCUT2D eigenvalue weighted by atomic mass is 10.0. The van der Waals surface area contributed by atoms with Crippen molar-refractivity contribution in [1.82, 2.24) is 0 Å². The van der Waals surface area contributed by atoms with Crippen LogP contribution in [0.1, 0.15) is 168 Å². The molecule has 0 radical (unpaired) electrons. The topological polar surface area (TPSA) is 212 Å². The van der Waals surface area contributed by atoms with E-state index in [0.717, 1.165) is 70.1 Å². The summed E-state index contributed by atoms with van der Waals surface area (Å²) < 4.78 is 47.6. The summed E-state index contributed by atoms with van der Waals surface area (Å²) >= 11 is 0. The lowest BCUT2D eigenvalue weighted by molar-refractivity contribution is -0.161. The van der Waals surface area contributed by atoms with E-state index in [1.54, 1.807) is 12.2 Å². The van der Waals surface area contributed by atoms with E-state index >= 15 is 0 Å². The minimum atomic E-state index is -4.87. The summed E-state index contributed by atoms with van der Waals surface area (Å²) in [6.07, 6.45) is 25.8. The molecule has 0 saturated heterocycles. The van der Waals surface area contributed by atoms with E-state index in [1.165, 1.54) is 51.4 Å². The van der Waals surface area contributed by atoms with Gasteiger partial charge in [0, 0.05) is 19.3 Å². The van der Waals surface area contributed by atoms with E-state index in [9.17, 15) is 33.5 Å². The Labute approximate surface area is 336 Å². The molecule has 0 aromatic heterocycles. The van der Waals surface area contributed by atoms with Crippen LogP contribution in [-0.4, -0.2) is 76.1 Å². The molecule has 0 aromatic rings. The molecule has 0 fully saturated rings. The fourth-order valence-electron chi connectivity index (χ4n) is 5.51. The molecule has 56 heavy (non-hydrogen) atoms. The summed E-state index contributed by atoms with van der Waals surface area (Å²) in [5, 5.41) is 9.72. The van der Waals surface area contributed by atoms with Crippen LogP contribution in [0.15, 0.2) is 24.3 Å². The Hall–Kier alpha value is -1.73. The van der Waals surface area contributed by atoms with Gasteiger partial charge in [-0.1, -0.05) is 135 Å². The number of carbonyl (C=O) groups is 3. The summed E-state index contributed by atoms with van der Waals surface area (Å²) in [6.45, 7) is 3.86. The molecule has 1 unspecified atom stereocenters. The Morgan fingerprint density at radius 1 is 0.607 bits per heavy atom. The highest BCUT2D eigenvalue weighted by Crippen LogP contribution is 2.43. The molecule has 0 rings (SSSR count). The summed E-state index contributed by atoms with van der Waals surface area (Å²) in [5.74, 6) is -0.274. The zero-order chi connectivity index (χ0) is 41.9. The van der Waals surface area contributed by atoms with E-state index < -0.39 is 66.2 Å². The Bertz CT molecular complexity index is 1170. The number of hydrogen-bond donors (Lipinski definition) is 4. The molecule has 0 aromatic carbocycles. The van der Waals surface area contributed by atoms with Gasteiger partial charge in [0.1, 0.15) is 12.7 Å². The highest BCUT2D eigenvalue weighted by Gasteiger charge is 2.28. The van der Waals surface area contributed by atoms with Gasteiger partial charge in [0.15, 0.2) is 11.9 Å². The SMILES string of the molecule is CCCCC/C=C\C=C\C(=O)CCCCCCCC(=O)OC[C@H](COP(=O)(O)OC[C@@H](O)COP(=O)(O)O)OC(=O)CCCCCCCCCCCCC(C)C. The fraction of sp³-hybridized carbons (Fsp3) is 0.825. The molecule has 3 atom stereocenters. The molecule has 0 bridgehead atoms. The molecule has 14 nitrogen and oxygen atoms in total. The lowest BCUT2D eigenvalue weighted by Crippen LogP contribution is -2.30. The summed E-state index contributed by atoms with van der Waals surface area (Å²) in [5.41, 5.74) is 0. The van der Waals surface area contributed by atoms with Crippen molar-refractivity contribution < 1.29 is 66.3 Å². The Morgan fingerprint density at radius 3 is 1.70 bits per heavy atom. The number of ketones is 1. The third kappa shape index (κ3) is 39.1. The van der Waals surface area contributed by atoms with Crippen molar-refractivity contribution in [3.8, 4) is 0 Å². The van der Waals surface area contributed by atoms with E-state index in [2.05, 4.69) is 35.9 Å². The van der Waals surface area contributed by atoms with Gasteiger partial charge in [0.05, 0.1) is 19.8 Å². The van der Waals surface area contributed by atoms with Gasteiger partial charge in [-0.2, -0.15) is 0 Å². The number of aliphatic hydroxyl groups is 1. The highest BCUT2D eigenvalue weighted by molar-refractivity contribution is 7.47. The molecule has 0 amide bonds. The number of hydrogen-bond acceptors (Lipinski definition) is 11. The molecule has 328 valence electrons. The zero-order valence-electron chi connectivity index (χ0n) is 34.4. The molecule has 0 aliphatic carbocycles. The predicted octanol–water partition coefficient (Wildman–Crippen LogP) is 9.37. The van der Waals surface area contributed by atoms with Crippen LogP contribution in [0.4, 0.5) is 0 Å². The summed E-state index contributed by atoms with van der Waals surface area (Å²) in [4.78, 5) is 64.6. The number of esters is 2. The third-order valence-corrected chi connectivity index (χ3v) is 10.2. The number of phosphoric ester groups is 2. The average Bonchev–Trinajstić information content (AvgIpc) is 3.13. The molecule has 16 heteroatoms. The van der Waals surface area contributed by atoms with Gasteiger partial charge in [0.25, 0.3) is 0 Å². The average molecular weight is 841 g/mol. The highest BCUT2D eigenvalue weighted by atomic mass is 31.2. The van der Waals surface area contributed by atoms with Crippen LogP contribution in [-0.2, 0) is 46.6 Å². The van der Waals surface area contributed by atoms with Crippen molar-refractivity contribution in [2.45, 2.75) is 181 Å². The van der Waals surface area contributed by atoms with Gasteiger partial charge < -0.3 is 29.3 Å². The molecule has 0 aliphatic heterocycles. The molecular weight excluding hydrogens is 766 g/mol.